The topological polar surface area (TPSA) is 46.2 Å². The van der Waals surface area contributed by atoms with Crippen LogP contribution >= 0.6 is 15.9 Å². The van der Waals surface area contributed by atoms with Crippen molar-refractivity contribution in [2.24, 2.45) is 5.73 Å². The molecule has 1 aromatic carbocycles. The quantitative estimate of drug-likeness (QED) is 0.839. The summed E-state index contributed by atoms with van der Waals surface area (Å²) in [6, 6.07) is 2.60. The Morgan fingerprint density at radius 2 is 2.23 bits per heavy atom. The molecule has 0 saturated heterocycles. The van der Waals surface area contributed by atoms with E-state index in [2.05, 4.69) is 15.9 Å². The molecule has 4 heteroatoms. The Bertz CT molecular complexity index is 317. The molecule has 1 atom stereocenters. The second-order valence-corrected chi connectivity index (χ2v) is 3.83. The third kappa shape index (κ3) is 2.27. The zero-order valence-electron chi connectivity index (χ0n) is 7.22. The molecule has 0 radical (unpaired) electrons. The SMILES string of the molecule is Cc1cc(Br)cc([C@@H](N)CO)c1F. The normalized spacial score (nSPS) is 13.0. The third-order valence-corrected chi connectivity index (χ3v) is 2.30. The first kappa shape index (κ1) is 10.6. The Morgan fingerprint density at radius 3 is 2.77 bits per heavy atom. The molecule has 0 aliphatic carbocycles. The molecule has 0 heterocycles. The van der Waals surface area contributed by atoms with Crippen LogP contribution in [0.15, 0.2) is 16.6 Å². The number of rotatable bonds is 2. The van der Waals surface area contributed by atoms with Gasteiger partial charge in [-0.25, -0.2) is 4.39 Å². The fraction of sp³-hybridized carbons (Fsp3) is 0.333. The fourth-order valence-electron chi connectivity index (χ4n) is 1.12. The summed E-state index contributed by atoms with van der Waals surface area (Å²) in [5, 5.41) is 8.79. The van der Waals surface area contributed by atoms with Crippen molar-refractivity contribution in [2.75, 3.05) is 6.61 Å². The van der Waals surface area contributed by atoms with E-state index in [1.54, 1.807) is 19.1 Å². The average molecular weight is 248 g/mol. The Morgan fingerprint density at radius 1 is 1.62 bits per heavy atom. The summed E-state index contributed by atoms with van der Waals surface area (Å²) in [6.07, 6.45) is 0. The molecular weight excluding hydrogens is 237 g/mol. The lowest BCUT2D eigenvalue weighted by Gasteiger charge is -2.11. The average Bonchev–Trinajstić information content (AvgIpc) is 2.10. The number of aliphatic hydroxyl groups excluding tert-OH is 1. The molecule has 0 bridgehead atoms. The molecule has 13 heavy (non-hydrogen) atoms. The summed E-state index contributed by atoms with van der Waals surface area (Å²) in [6.45, 7) is 1.40. The third-order valence-electron chi connectivity index (χ3n) is 1.84. The van der Waals surface area contributed by atoms with Gasteiger partial charge in [-0.1, -0.05) is 15.9 Å². The summed E-state index contributed by atoms with van der Waals surface area (Å²) in [5.41, 5.74) is 6.39. The van der Waals surface area contributed by atoms with Crippen LogP contribution in [0.25, 0.3) is 0 Å². The molecule has 0 aliphatic rings. The Balaban J connectivity index is 3.20. The minimum Gasteiger partial charge on any atom is -0.394 e. The lowest BCUT2D eigenvalue weighted by atomic mass is 10.0. The van der Waals surface area contributed by atoms with Gasteiger partial charge >= 0.3 is 0 Å². The van der Waals surface area contributed by atoms with Crippen molar-refractivity contribution in [2.45, 2.75) is 13.0 Å². The predicted molar refractivity (Wildman–Crippen MR) is 52.9 cm³/mol. The van der Waals surface area contributed by atoms with Crippen molar-refractivity contribution in [1.29, 1.82) is 0 Å². The fourth-order valence-corrected chi connectivity index (χ4v) is 1.71. The van der Waals surface area contributed by atoms with Crippen LogP contribution in [-0.4, -0.2) is 11.7 Å². The van der Waals surface area contributed by atoms with Crippen molar-refractivity contribution in [3.05, 3.63) is 33.5 Å². The Hall–Kier alpha value is -0.450. The van der Waals surface area contributed by atoms with E-state index in [0.717, 1.165) is 4.47 Å². The highest BCUT2D eigenvalue weighted by Crippen LogP contribution is 2.23. The first-order valence-corrected chi connectivity index (χ1v) is 4.67. The van der Waals surface area contributed by atoms with E-state index in [0.29, 0.717) is 11.1 Å². The van der Waals surface area contributed by atoms with Crippen molar-refractivity contribution in [3.63, 3.8) is 0 Å². The van der Waals surface area contributed by atoms with Crippen molar-refractivity contribution >= 4 is 15.9 Å². The van der Waals surface area contributed by atoms with E-state index in [-0.39, 0.29) is 12.4 Å². The second kappa shape index (κ2) is 4.17. The highest BCUT2D eigenvalue weighted by Gasteiger charge is 2.13. The van der Waals surface area contributed by atoms with Gasteiger partial charge in [-0.05, 0) is 24.6 Å². The minimum atomic E-state index is -0.656. The largest absolute Gasteiger partial charge is 0.394 e. The van der Waals surface area contributed by atoms with Gasteiger partial charge in [0.05, 0.1) is 12.6 Å². The Kier molecular flexibility index (Phi) is 3.41. The first-order valence-electron chi connectivity index (χ1n) is 3.88. The summed E-state index contributed by atoms with van der Waals surface area (Å²) in [7, 11) is 0. The number of hydrogen-bond donors (Lipinski definition) is 2. The van der Waals surface area contributed by atoms with E-state index >= 15 is 0 Å². The standard InChI is InChI=1S/C9H11BrFNO/c1-5-2-6(10)3-7(9(5)11)8(12)4-13/h2-3,8,13H,4,12H2,1H3/t8-/m0/s1. The van der Waals surface area contributed by atoms with Crippen LogP contribution in [0.3, 0.4) is 0 Å². The number of nitrogens with two attached hydrogens (primary N) is 1. The lowest BCUT2D eigenvalue weighted by molar-refractivity contribution is 0.265. The van der Waals surface area contributed by atoms with Gasteiger partial charge in [-0.15, -0.1) is 0 Å². The zero-order chi connectivity index (χ0) is 10.0. The second-order valence-electron chi connectivity index (χ2n) is 2.91. The van der Waals surface area contributed by atoms with Gasteiger partial charge in [-0.2, -0.15) is 0 Å². The molecule has 0 amide bonds. The molecule has 0 fully saturated rings. The first-order chi connectivity index (χ1) is 6.06. The number of aliphatic hydroxyl groups is 1. The molecule has 0 unspecified atom stereocenters. The predicted octanol–water partition coefficient (Wildman–Crippen LogP) is 1.89. The maximum Gasteiger partial charge on any atom is 0.131 e. The molecule has 72 valence electrons. The minimum absolute atomic E-state index is 0.257. The van der Waals surface area contributed by atoms with Crippen molar-refractivity contribution in [3.8, 4) is 0 Å². The van der Waals surface area contributed by atoms with Crippen LogP contribution in [0, 0.1) is 12.7 Å². The zero-order valence-corrected chi connectivity index (χ0v) is 8.81. The van der Waals surface area contributed by atoms with Gasteiger partial charge in [0.15, 0.2) is 0 Å². The summed E-state index contributed by atoms with van der Waals surface area (Å²) < 4.78 is 14.2. The van der Waals surface area contributed by atoms with Crippen LogP contribution < -0.4 is 5.73 Å². The van der Waals surface area contributed by atoms with Gasteiger partial charge in [-0.3, -0.25) is 0 Å². The Labute approximate surface area is 84.7 Å². The summed E-state index contributed by atoms with van der Waals surface area (Å²) in [5.74, 6) is -0.343. The number of halogens is 2. The molecule has 1 aromatic rings. The van der Waals surface area contributed by atoms with E-state index in [4.69, 9.17) is 10.8 Å². The molecule has 0 aliphatic heterocycles. The van der Waals surface area contributed by atoms with Gasteiger partial charge in [0, 0.05) is 10.0 Å². The molecule has 2 nitrogen and oxygen atoms in total. The van der Waals surface area contributed by atoms with Crippen molar-refractivity contribution < 1.29 is 9.50 Å². The van der Waals surface area contributed by atoms with Gasteiger partial charge in [0.25, 0.3) is 0 Å². The van der Waals surface area contributed by atoms with Crippen molar-refractivity contribution in [1.82, 2.24) is 0 Å². The molecule has 0 spiro atoms. The monoisotopic (exact) mass is 247 g/mol. The maximum absolute atomic E-state index is 13.4. The number of benzene rings is 1. The summed E-state index contributed by atoms with van der Waals surface area (Å²) >= 11 is 3.24. The number of aryl methyl sites for hydroxylation is 1. The highest BCUT2D eigenvalue weighted by atomic mass is 79.9. The van der Waals surface area contributed by atoms with Crippen LogP contribution in [0.1, 0.15) is 17.2 Å². The molecule has 1 rings (SSSR count). The highest BCUT2D eigenvalue weighted by molar-refractivity contribution is 9.10. The maximum atomic E-state index is 13.4. The van der Waals surface area contributed by atoms with Crippen LogP contribution in [-0.2, 0) is 0 Å². The van der Waals surface area contributed by atoms with Crippen LogP contribution in [0.5, 0.6) is 0 Å². The molecule has 0 aromatic heterocycles. The molecule has 3 N–H and O–H groups in total. The summed E-state index contributed by atoms with van der Waals surface area (Å²) in [4.78, 5) is 0. The van der Waals surface area contributed by atoms with E-state index in [9.17, 15) is 4.39 Å². The molecule has 0 saturated carbocycles. The van der Waals surface area contributed by atoms with E-state index < -0.39 is 6.04 Å². The molecular formula is C9H11BrFNO. The van der Waals surface area contributed by atoms with Gasteiger partial charge < -0.3 is 10.8 Å². The van der Waals surface area contributed by atoms with Gasteiger partial charge in [0.2, 0.25) is 0 Å². The van der Waals surface area contributed by atoms with E-state index in [1.807, 2.05) is 0 Å². The number of hydrogen-bond acceptors (Lipinski definition) is 2. The van der Waals surface area contributed by atoms with Gasteiger partial charge in [0.1, 0.15) is 5.82 Å². The van der Waals surface area contributed by atoms with Crippen LogP contribution in [0.2, 0.25) is 0 Å². The van der Waals surface area contributed by atoms with E-state index in [1.165, 1.54) is 0 Å². The smallest absolute Gasteiger partial charge is 0.131 e. The van der Waals surface area contributed by atoms with Crippen LogP contribution in [0.4, 0.5) is 4.39 Å². The lowest BCUT2D eigenvalue weighted by Crippen LogP contribution is -2.16.